The second-order valence-electron chi connectivity index (χ2n) is 7.40. The Balaban J connectivity index is 1.29. The van der Waals surface area contributed by atoms with Crippen LogP contribution in [0.25, 0.3) is 11.0 Å². The van der Waals surface area contributed by atoms with Gasteiger partial charge in [0.05, 0.1) is 11.0 Å². The molecule has 8 nitrogen and oxygen atoms in total. The lowest BCUT2D eigenvalue weighted by atomic mass is 9.78. The Morgan fingerprint density at radius 3 is 2.82 bits per heavy atom. The zero-order chi connectivity index (χ0) is 19.7. The van der Waals surface area contributed by atoms with Crippen molar-refractivity contribution in [2.75, 3.05) is 5.32 Å². The highest BCUT2D eigenvalue weighted by Gasteiger charge is 2.32. The number of aromatic amines is 1. The van der Waals surface area contributed by atoms with E-state index in [1.165, 1.54) is 6.92 Å². The Hall–Kier alpha value is -3.16. The van der Waals surface area contributed by atoms with Crippen LogP contribution in [0.4, 0.5) is 5.82 Å². The van der Waals surface area contributed by atoms with Crippen molar-refractivity contribution in [1.29, 1.82) is 0 Å². The smallest absolute Gasteiger partial charge is 0.226 e. The molecule has 3 N–H and O–H groups in total. The topological polar surface area (TPSA) is 105 Å². The van der Waals surface area contributed by atoms with Crippen molar-refractivity contribution >= 4 is 28.7 Å². The number of H-pyrrole nitrogens is 1. The van der Waals surface area contributed by atoms with Crippen LogP contribution in [0.1, 0.15) is 43.6 Å². The van der Waals surface area contributed by atoms with Crippen LogP contribution in [-0.4, -0.2) is 37.6 Å². The first-order chi connectivity index (χ1) is 13.5. The number of hydrogen-bond acceptors (Lipinski definition) is 4. The van der Waals surface area contributed by atoms with Crippen LogP contribution < -0.4 is 10.6 Å². The van der Waals surface area contributed by atoms with Crippen LogP contribution >= 0.6 is 0 Å². The zero-order valence-corrected chi connectivity index (χ0v) is 16.0. The van der Waals surface area contributed by atoms with Gasteiger partial charge >= 0.3 is 0 Å². The fraction of sp³-hybridized carbons (Fsp3) is 0.400. The van der Waals surface area contributed by atoms with Crippen molar-refractivity contribution in [3.05, 3.63) is 41.9 Å². The van der Waals surface area contributed by atoms with E-state index in [9.17, 15) is 9.59 Å². The fourth-order valence-corrected chi connectivity index (χ4v) is 3.74. The molecule has 4 rings (SSSR count). The SMILES string of the molecule is CC(=O)NC1CC(c2cc(NC(=O)CCc3nc4ccccc4n3C)n[nH]2)C1. The molecule has 1 fully saturated rings. The molecule has 1 saturated carbocycles. The molecular weight excluding hydrogens is 356 g/mol. The van der Waals surface area contributed by atoms with Crippen molar-refractivity contribution in [3.63, 3.8) is 0 Å². The number of fused-ring (bicyclic) bond motifs is 1. The van der Waals surface area contributed by atoms with Crippen LogP contribution in [0, 0.1) is 0 Å². The van der Waals surface area contributed by atoms with Crippen molar-refractivity contribution < 1.29 is 9.59 Å². The third-order valence-corrected chi connectivity index (χ3v) is 5.31. The van der Waals surface area contributed by atoms with E-state index in [1.54, 1.807) is 0 Å². The van der Waals surface area contributed by atoms with E-state index in [-0.39, 0.29) is 17.9 Å². The van der Waals surface area contributed by atoms with Gasteiger partial charge in [0.2, 0.25) is 11.8 Å². The van der Waals surface area contributed by atoms with Crippen LogP contribution in [0.15, 0.2) is 30.3 Å². The minimum atomic E-state index is -0.0881. The average molecular weight is 380 g/mol. The van der Waals surface area contributed by atoms with Crippen molar-refractivity contribution in [3.8, 4) is 0 Å². The summed E-state index contributed by atoms with van der Waals surface area (Å²) in [6, 6.07) is 10.0. The Bertz CT molecular complexity index is 1010. The predicted molar refractivity (Wildman–Crippen MR) is 106 cm³/mol. The van der Waals surface area contributed by atoms with Gasteiger partial charge in [0.25, 0.3) is 0 Å². The zero-order valence-electron chi connectivity index (χ0n) is 16.0. The lowest BCUT2D eigenvalue weighted by molar-refractivity contribution is -0.120. The van der Waals surface area contributed by atoms with Gasteiger partial charge in [-0.25, -0.2) is 4.98 Å². The fourth-order valence-electron chi connectivity index (χ4n) is 3.74. The summed E-state index contributed by atoms with van der Waals surface area (Å²) in [5.74, 6) is 1.68. The molecule has 1 aliphatic rings. The molecule has 3 aromatic rings. The molecular formula is C20H24N6O2. The van der Waals surface area contributed by atoms with Gasteiger partial charge in [-0.1, -0.05) is 12.1 Å². The molecule has 0 saturated heterocycles. The van der Waals surface area contributed by atoms with E-state index in [0.29, 0.717) is 24.6 Å². The van der Waals surface area contributed by atoms with E-state index in [0.717, 1.165) is 35.4 Å². The van der Waals surface area contributed by atoms with Gasteiger partial charge in [-0.3, -0.25) is 14.7 Å². The first-order valence-electron chi connectivity index (χ1n) is 9.52. The van der Waals surface area contributed by atoms with Gasteiger partial charge in [0.15, 0.2) is 5.82 Å². The van der Waals surface area contributed by atoms with E-state index >= 15 is 0 Å². The van der Waals surface area contributed by atoms with Crippen LogP contribution in [-0.2, 0) is 23.1 Å². The summed E-state index contributed by atoms with van der Waals surface area (Å²) in [5.41, 5.74) is 3.00. The van der Waals surface area contributed by atoms with Crippen LogP contribution in [0.5, 0.6) is 0 Å². The number of anilines is 1. The van der Waals surface area contributed by atoms with E-state index in [2.05, 4.69) is 25.8 Å². The Labute approximate surface area is 162 Å². The predicted octanol–water partition coefficient (Wildman–Crippen LogP) is 2.25. The van der Waals surface area contributed by atoms with Gasteiger partial charge in [0, 0.05) is 50.5 Å². The van der Waals surface area contributed by atoms with Crippen molar-refractivity contribution in [2.24, 2.45) is 7.05 Å². The van der Waals surface area contributed by atoms with Gasteiger partial charge in [-0.05, 0) is 25.0 Å². The molecule has 2 aromatic heterocycles. The minimum absolute atomic E-state index is 0.00150. The van der Waals surface area contributed by atoms with E-state index < -0.39 is 0 Å². The molecule has 0 unspecified atom stereocenters. The third-order valence-electron chi connectivity index (χ3n) is 5.31. The molecule has 0 bridgehead atoms. The molecule has 2 heterocycles. The number of carbonyl (C=O) groups excluding carboxylic acids is 2. The minimum Gasteiger partial charge on any atom is -0.354 e. The van der Waals surface area contributed by atoms with E-state index in [4.69, 9.17) is 0 Å². The van der Waals surface area contributed by atoms with Crippen molar-refractivity contribution in [2.45, 2.75) is 44.6 Å². The Kier molecular flexibility index (Phi) is 4.85. The number of rotatable bonds is 6. The lowest BCUT2D eigenvalue weighted by Crippen LogP contribution is -2.42. The van der Waals surface area contributed by atoms with Crippen molar-refractivity contribution in [1.82, 2.24) is 25.1 Å². The molecule has 8 heteroatoms. The van der Waals surface area contributed by atoms with Gasteiger partial charge in [-0.15, -0.1) is 0 Å². The number of imidazole rings is 1. The maximum absolute atomic E-state index is 12.3. The quantitative estimate of drug-likeness (QED) is 0.610. The summed E-state index contributed by atoms with van der Waals surface area (Å²) in [4.78, 5) is 28.0. The molecule has 0 aliphatic heterocycles. The highest BCUT2D eigenvalue weighted by molar-refractivity contribution is 5.90. The first kappa shape index (κ1) is 18.2. The number of nitrogens with one attached hydrogen (secondary N) is 3. The number of benzene rings is 1. The maximum atomic E-state index is 12.3. The number of carbonyl (C=O) groups is 2. The van der Waals surface area contributed by atoms with Gasteiger partial charge in [-0.2, -0.15) is 5.10 Å². The number of nitrogens with zero attached hydrogens (tertiary/aromatic N) is 3. The second-order valence-corrected chi connectivity index (χ2v) is 7.40. The molecule has 28 heavy (non-hydrogen) atoms. The maximum Gasteiger partial charge on any atom is 0.226 e. The summed E-state index contributed by atoms with van der Waals surface area (Å²) in [5, 5.41) is 12.9. The monoisotopic (exact) mass is 380 g/mol. The molecule has 0 spiro atoms. The highest BCUT2D eigenvalue weighted by Crippen LogP contribution is 2.36. The van der Waals surface area contributed by atoms with Gasteiger partial charge < -0.3 is 15.2 Å². The summed E-state index contributed by atoms with van der Waals surface area (Å²) in [7, 11) is 1.97. The summed E-state index contributed by atoms with van der Waals surface area (Å²) in [6.07, 6.45) is 2.69. The normalized spacial score (nSPS) is 18.6. The molecule has 2 amide bonds. The standard InChI is InChI=1S/C20H24N6O2/c1-12(27)21-14-9-13(10-14)16-11-18(25-24-16)23-20(28)8-7-19-22-15-5-3-4-6-17(15)26(19)2/h3-6,11,13-14H,7-10H2,1-2H3,(H,21,27)(H2,23,24,25,28). The molecule has 1 aromatic carbocycles. The average Bonchev–Trinajstić information content (AvgIpc) is 3.21. The number of para-hydroxylation sites is 2. The number of aromatic nitrogens is 4. The molecule has 0 atom stereocenters. The summed E-state index contributed by atoms with van der Waals surface area (Å²) in [6.45, 7) is 1.53. The number of amides is 2. The van der Waals surface area contributed by atoms with Gasteiger partial charge in [0.1, 0.15) is 5.82 Å². The third kappa shape index (κ3) is 3.76. The van der Waals surface area contributed by atoms with Crippen LogP contribution in [0.3, 0.4) is 0 Å². The summed E-state index contributed by atoms with van der Waals surface area (Å²) < 4.78 is 2.03. The Morgan fingerprint density at radius 2 is 2.07 bits per heavy atom. The number of hydrogen-bond donors (Lipinski definition) is 3. The second kappa shape index (κ2) is 7.46. The van der Waals surface area contributed by atoms with E-state index in [1.807, 2.05) is 41.9 Å². The number of aryl methyl sites for hydroxylation is 2. The Morgan fingerprint density at radius 1 is 1.29 bits per heavy atom. The highest BCUT2D eigenvalue weighted by atomic mass is 16.2. The first-order valence-corrected chi connectivity index (χ1v) is 9.52. The lowest BCUT2D eigenvalue weighted by Gasteiger charge is -2.34. The molecule has 0 radical (unpaired) electrons. The van der Waals surface area contributed by atoms with Crippen LogP contribution in [0.2, 0.25) is 0 Å². The largest absolute Gasteiger partial charge is 0.354 e. The molecule has 1 aliphatic carbocycles. The molecule has 146 valence electrons. The summed E-state index contributed by atoms with van der Waals surface area (Å²) >= 11 is 0.